The standard InChI is InChI=1S/C11H19N3O/c1-8(2)14-3-9-5-15-6-10(4-14)11(9,13)7-12/h8-10H,3-6,13H2,1-2H3. The molecule has 15 heavy (non-hydrogen) atoms. The average molecular weight is 209 g/mol. The SMILES string of the molecule is CC(C)N1CC2COCC(C1)C2(N)C#N. The molecule has 0 aromatic rings. The van der Waals surface area contributed by atoms with E-state index >= 15 is 0 Å². The molecule has 0 saturated carbocycles. The minimum absolute atomic E-state index is 0.164. The van der Waals surface area contributed by atoms with Gasteiger partial charge in [0.1, 0.15) is 5.54 Å². The number of hydrogen-bond donors (Lipinski definition) is 1. The predicted octanol–water partition coefficient (Wildman–Crippen LogP) is 0.194. The van der Waals surface area contributed by atoms with Gasteiger partial charge in [0.2, 0.25) is 0 Å². The Morgan fingerprint density at radius 2 is 1.93 bits per heavy atom. The summed E-state index contributed by atoms with van der Waals surface area (Å²) in [6.45, 7) is 7.41. The van der Waals surface area contributed by atoms with Crippen LogP contribution in [0.5, 0.6) is 0 Å². The molecule has 2 unspecified atom stereocenters. The van der Waals surface area contributed by atoms with E-state index in [0.717, 1.165) is 13.1 Å². The van der Waals surface area contributed by atoms with Gasteiger partial charge in [-0.1, -0.05) is 0 Å². The number of likely N-dealkylation sites (tertiary alicyclic amines) is 1. The fourth-order valence-electron chi connectivity index (χ4n) is 2.61. The van der Waals surface area contributed by atoms with Crippen LogP contribution in [0, 0.1) is 23.2 Å². The van der Waals surface area contributed by atoms with E-state index in [4.69, 9.17) is 10.5 Å². The maximum absolute atomic E-state index is 9.23. The summed E-state index contributed by atoms with van der Waals surface area (Å²) in [6.07, 6.45) is 0. The molecular weight excluding hydrogens is 190 g/mol. The summed E-state index contributed by atoms with van der Waals surface area (Å²) in [6, 6.07) is 2.84. The zero-order valence-corrected chi connectivity index (χ0v) is 9.44. The van der Waals surface area contributed by atoms with Crippen molar-refractivity contribution < 1.29 is 4.74 Å². The second-order valence-electron chi connectivity index (χ2n) is 5.02. The molecule has 2 fully saturated rings. The van der Waals surface area contributed by atoms with Crippen LogP contribution in [0.3, 0.4) is 0 Å². The Hall–Kier alpha value is -0.630. The molecule has 84 valence electrons. The minimum Gasteiger partial charge on any atom is -0.381 e. The highest BCUT2D eigenvalue weighted by atomic mass is 16.5. The first kappa shape index (κ1) is 10.9. The van der Waals surface area contributed by atoms with Crippen LogP contribution in [0.1, 0.15) is 13.8 Å². The predicted molar refractivity (Wildman–Crippen MR) is 57.0 cm³/mol. The number of hydrogen-bond acceptors (Lipinski definition) is 4. The third-order valence-corrected chi connectivity index (χ3v) is 3.82. The molecule has 2 heterocycles. The number of rotatable bonds is 1. The number of ether oxygens (including phenoxy) is 1. The molecule has 0 radical (unpaired) electrons. The van der Waals surface area contributed by atoms with Crippen LogP contribution in [-0.4, -0.2) is 42.8 Å². The molecule has 0 spiro atoms. The molecule has 2 N–H and O–H groups in total. The van der Waals surface area contributed by atoms with E-state index in [0.29, 0.717) is 19.3 Å². The lowest BCUT2D eigenvalue weighted by molar-refractivity contribution is -0.0840. The average Bonchev–Trinajstić information content (AvgIpc) is 2.16. The fourth-order valence-corrected chi connectivity index (χ4v) is 2.61. The van der Waals surface area contributed by atoms with Crippen molar-refractivity contribution in [3.05, 3.63) is 0 Å². The van der Waals surface area contributed by atoms with Gasteiger partial charge in [-0.15, -0.1) is 0 Å². The lowest BCUT2D eigenvalue weighted by atomic mass is 9.71. The van der Waals surface area contributed by atoms with Crippen LogP contribution in [-0.2, 0) is 4.74 Å². The van der Waals surface area contributed by atoms with Gasteiger partial charge in [0, 0.05) is 31.0 Å². The van der Waals surface area contributed by atoms with E-state index in [1.165, 1.54) is 0 Å². The molecule has 0 amide bonds. The summed E-state index contributed by atoms with van der Waals surface area (Å²) in [7, 11) is 0. The summed E-state index contributed by atoms with van der Waals surface area (Å²) in [4.78, 5) is 2.40. The molecule has 0 aliphatic carbocycles. The highest BCUT2D eigenvalue weighted by Gasteiger charge is 2.50. The van der Waals surface area contributed by atoms with Crippen LogP contribution in [0.15, 0.2) is 0 Å². The van der Waals surface area contributed by atoms with Crippen molar-refractivity contribution in [1.29, 1.82) is 5.26 Å². The Bertz CT molecular complexity index is 270. The second-order valence-corrected chi connectivity index (χ2v) is 5.02. The quantitative estimate of drug-likeness (QED) is 0.670. The number of nitrogens with zero attached hydrogens (tertiary/aromatic N) is 2. The molecule has 4 nitrogen and oxygen atoms in total. The monoisotopic (exact) mass is 209 g/mol. The van der Waals surface area contributed by atoms with Gasteiger partial charge >= 0.3 is 0 Å². The van der Waals surface area contributed by atoms with Gasteiger partial charge in [0.25, 0.3) is 0 Å². The zero-order chi connectivity index (χ0) is 11.1. The first-order chi connectivity index (χ1) is 7.08. The molecule has 2 bridgehead atoms. The van der Waals surface area contributed by atoms with E-state index in [1.54, 1.807) is 0 Å². The number of nitriles is 1. The summed E-state index contributed by atoms with van der Waals surface area (Å²) in [5.41, 5.74) is 5.54. The van der Waals surface area contributed by atoms with Crippen molar-refractivity contribution in [3.8, 4) is 6.07 Å². The lowest BCUT2D eigenvalue weighted by Crippen LogP contribution is -2.68. The summed E-state index contributed by atoms with van der Waals surface area (Å²) in [5.74, 6) is 0.329. The van der Waals surface area contributed by atoms with E-state index in [1.807, 2.05) is 0 Å². The van der Waals surface area contributed by atoms with Gasteiger partial charge in [-0.3, -0.25) is 4.90 Å². The Morgan fingerprint density at radius 1 is 1.40 bits per heavy atom. The smallest absolute Gasteiger partial charge is 0.116 e. The van der Waals surface area contributed by atoms with Gasteiger partial charge in [-0.25, -0.2) is 0 Å². The molecule has 2 aliphatic heterocycles. The molecule has 0 aromatic carbocycles. The van der Waals surface area contributed by atoms with Gasteiger partial charge in [0.15, 0.2) is 0 Å². The Labute approximate surface area is 91.0 Å². The van der Waals surface area contributed by atoms with Crippen LogP contribution in [0.25, 0.3) is 0 Å². The van der Waals surface area contributed by atoms with E-state index < -0.39 is 5.54 Å². The van der Waals surface area contributed by atoms with Crippen molar-refractivity contribution in [1.82, 2.24) is 4.90 Å². The third kappa shape index (κ3) is 1.65. The minimum atomic E-state index is -0.663. The fraction of sp³-hybridized carbons (Fsp3) is 0.909. The van der Waals surface area contributed by atoms with E-state index in [9.17, 15) is 5.26 Å². The van der Waals surface area contributed by atoms with Crippen LogP contribution < -0.4 is 5.73 Å². The molecule has 2 rings (SSSR count). The summed E-state index contributed by atoms with van der Waals surface area (Å²) >= 11 is 0. The Kier molecular flexibility index (Phi) is 2.72. The second kappa shape index (κ2) is 3.75. The maximum Gasteiger partial charge on any atom is 0.116 e. The highest BCUT2D eigenvalue weighted by Crippen LogP contribution is 2.35. The molecule has 4 heteroatoms. The van der Waals surface area contributed by atoms with Crippen molar-refractivity contribution >= 4 is 0 Å². The van der Waals surface area contributed by atoms with E-state index in [-0.39, 0.29) is 11.8 Å². The molecule has 2 aliphatic rings. The topological polar surface area (TPSA) is 62.3 Å². The molecular formula is C11H19N3O. The van der Waals surface area contributed by atoms with Gasteiger partial charge in [0.05, 0.1) is 19.3 Å². The van der Waals surface area contributed by atoms with Gasteiger partial charge < -0.3 is 10.5 Å². The van der Waals surface area contributed by atoms with Crippen molar-refractivity contribution in [3.63, 3.8) is 0 Å². The molecule has 2 saturated heterocycles. The van der Waals surface area contributed by atoms with Gasteiger partial charge in [-0.2, -0.15) is 5.26 Å². The largest absolute Gasteiger partial charge is 0.381 e. The van der Waals surface area contributed by atoms with Crippen LogP contribution in [0.4, 0.5) is 0 Å². The number of nitrogens with two attached hydrogens (primary N) is 1. The summed E-state index contributed by atoms with van der Waals surface area (Å²) < 4.78 is 5.50. The van der Waals surface area contributed by atoms with Gasteiger partial charge in [-0.05, 0) is 13.8 Å². The van der Waals surface area contributed by atoms with Crippen LogP contribution >= 0.6 is 0 Å². The first-order valence-electron chi connectivity index (χ1n) is 5.60. The Morgan fingerprint density at radius 3 is 2.33 bits per heavy atom. The van der Waals surface area contributed by atoms with Crippen molar-refractivity contribution in [2.45, 2.75) is 25.4 Å². The lowest BCUT2D eigenvalue weighted by Gasteiger charge is -2.51. The first-order valence-corrected chi connectivity index (χ1v) is 5.60. The third-order valence-electron chi connectivity index (χ3n) is 3.82. The number of fused-ring (bicyclic) bond motifs is 2. The molecule has 2 atom stereocenters. The van der Waals surface area contributed by atoms with E-state index in [2.05, 4.69) is 24.8 Å². The van der Waals surface area contributed by atoms with Crippen molar-refractivity contribution in [2.75, 3.05) is 26.3 Å². The molecule has 0 aromatic heterocycles. The maximum atomic E-state index is 9.23. The number of piperidine rings is 1. The normalized spacial score (nSPS) is 41.5. The summed E-state index contributed by atoms with van der Waals surface area (Å²) in [5, 5.41) is 9.23. The zero-order valence-electron chi connectivity index (χ0n) is 9.44. The van der Waals surface area contributed by atoms with Crippen molar-refractivity contribution in [2.24, 2.45) is 17.6 Å². The Balaban J connectivity index is 2.20. The van der Waals surface area contributed by atoms with Crippen LogP contribution in [0.2, 0.25) is 0 Å². The highest BCUT2D eigenvalue weighted by molar-refractivity contribution is 5.17.